The van der Waals surface area contributed by atoms with Crippen molar-refractivity contribution in [2.75, 3.05) is 25.6 Å². The average molecular weight is 478 g/mol. The Hall–Kier alpha value is -2.22. The fourth-order valence-electron chi connectivity index (χ4n) is 3.32. The summed E-state index contributed by atoms with van der Waals surface area (Å²) in [6.45, 7) is 5.27. The van der Waals surface area contributed by atoms with Gasteiger partial charge in [-0.25, -0.2) is 0 Å². The molecule has 27 heavy (non-hydrogen) atoms. The van der Waals surface area contributed by atoms with Crippen LogP contribution in [0.5, 0.6) is 17.2 Å². The zero-order chi connectivity index (χ0) is 18.8. The van der Waals surface area contributed by atoms with Gasteiger partial charge in [-0.2, -0.15) is 0 Å². The number of ether oxygens (including phenoxy) is 3. The van der Waals surface area contributed by atoms with E-state index in [9.17, 15) is 0 Å². The third-order valence-electron chi connectivity index (χ3n) is 4.51. The van der Waals surface area contributed by atoms with E-state index in [4.69, 9.17) is 14.2 Å². The molecule has 0 saturated carbocycles. The van der Waals surface area contributed by atoms with Crippen molar-refractivity contribution in [2.45, 2.75) is 20.3 Å². The number of rotatable bonds is 7. The molecule has 6 heteroatoms. The molecule has 5 nitrogen and oxygen atoms in total. The molecular weight excluding hydrogens is 455 g/mol. The van der Waals surface area contributed by atoms with Gasteiger partial charge in [0.25, 0.3) is 0 Å². The third kappa shape index (κ3) is 3.50. The maximum Gasteiger partial charge on any atom is 0.161 e. The lowest BCUT2D eigenvalue weighted by Crippen LogP contribution is -2.11. The second-order valence-electron chi connectivity index (χ2n) is 6.21. The Morgan fingerprint density at radius 3 is 2.59 bits per heavy atom. The number of anilines is 1. The lowest BCUT2D eigenvalue weighted by Gasteiger charge is -2.13. The van der Waals surface area contributed by atoms with Crippen LogP contribution in [0.25, 0.3) is 0 Å². The van der Waals surface area contributed by atoms with Crippen LogP contribution in [0, 0.1) is 0 Å². The molecule has 0 spiro atoms. The van der Waals surface area contributed by atoms with Gasteiger partial charge in [0, 0.05) is 48.3 Å². The quantitative estimate of drug-likeness (QED) is 0.457. The van der Waals surface area contributed by atoms with Crippen LogP contribution in [0.1, 0.15) is 25.0 Å². The highest BCUT2D eigenvalue weighted by Gasteiger charge is 2.30. The predicted octanol–water partition coefficient (Wildman–Crippen LogP) is 4.38. The molecule has 0 aromatic heterocycles. The Kier molecular flexibility index (Phi) is 5.24. The zero-order valence-corrected chi connectivity index (χ0v) is 17.8. The van der Waals surface area contributed by atoms with Gasteiger partial charge >= 0.3 is 0 Å². The Bertz CT molecular complexity index is 937. The molecule has 0 saturated heterocycles. The molecule has 2 N–H and O–H groups in total. The van der Waals surface area contributed by atoms with Crippen LogP contribution < -0.4 is 23.1 Å². The van der Waals surface area contributed by atoms with Crippen LogP contribution in [0.15, 0.2) is 47.8 Å². The van der Waals surface area contributed by atoms with E-state index in [1.54, 1.807) is 7.11 Å². The van der Waals surface area contributed by atoms with Crippen molar-refractivity contribution in [3.05, 3.63) is 58.9 Å². The summed E-state index contributed by atoms with van der Waals surface area (Å²) in [5.41, 5.74) is 5.00. The first-order valence-corrected chi connectivity index (χ1v) is 11.2. The molecule has 0 amide bonds. The van der Waals surface area contributed by atoms with Crippen molar-refractivity contribution >= 4 is 30.2 Å². The molecule has 0 radical (unpaired) electrons. The summed E-state index contributed by atoms with van der Waals surface area (Å²) in [7, 11) is 1.69. The minimum absolute atomic E-state index is 0.279. The number of hydrogen-bond donors (Lipinski definition) is 2. The molecular formula is C21H23IN2O3. The van der Waals surface area contributed by atoms with Crippen molar-refractivity contribution < 1.29 is 14.2 Å². The minimum Gasteiger partial charge on any atom is -0.497 e. The predicted molar refractivity (Wildman–Crippen MR) is 117 cm³/mol. The van der Waals surface area contributed by atoms with Gasteiger partial charge in [0.15, 0.2) is 11.5 Å². The molecule has 1 aliphatic carbocycles. The van der Waals surface area contributed by atoms with E-state index in [0.717, 1.165) is 35.2 Å². The van der Waals surface area contributed by atoms with E-state index in [0.29, 0.717) is 13.2 Å². The van der Waals surface area contributed by atoms with Crippen LogP contribution in [0.2, 0.25) is 0 Å². The molecule has 0 fully saturated rings. The highest BCUT2D eigenvalue weighted by atomic mass is 127. The van der Waals surface area contributed by atoms with Crippen molar-refractivity contribution in [1.29, 1.82) is 0 Å². The normalized spacial score (nSPS) is 14.6. The van der Waals surface area contributed by atoms with Crippen LogP contribution >= 0.6 is 21.0 Å². The summed E-state index contributed by atoms with van der Waals surface area (Å²) in [4.78, 5) is 0. The highest BCUT2D eigenvalue weighted by Crippen LogP contribution is 2.41. The van der Waals surface area contributed by atoms with Gasteiger partial charge in [0.2, 0.25) is 0 Å². The number of halogens is 1. The minimum atomic E-state index is -0.279. The van der Waals surface area contributed by atoms with Crippen LogP contribution in [0.3, 0.4) is 0 Å². The second kappa shape index (κ2) is 7.80. The van der Waals surface area contributed by atoms with Crippen LogP contribution in [-0.2, 0) is 6.42 Å². The molecule has 1 aliphatic heterocycles. The first-order chi connectivity index (χ1) is 13.2. The molecule has 2 aromatic carbocycles. The van der Waals surface area contributed by atoms with Crippen LogP contribution in [0.4, 0.5) is 5.69 Å². The zero-order valence-electron chi connectivity index (χ0n) is 15.7. The molecule has 0 atom stereocenters. The first kappa shape index (κ1) is 18.2. The molecule has 4 rings (SSSR count). The number of nitrogens with one attached hydrogen (secondary N) is 2. The average Bonchev–Trinajstić information content (AvgIpc) is 3.22. The molecule has 0 bridgehead atoms. The summed E-state index contributed by atoms with van der Waals surface area (Å²) in [5.74, 6) is 3.64. The highest BCUT2D eigenvalue weighted by molar-refractivity contribution is 14.2. The van der Waals surface area contributed by atoms with Gasteiger partial charge < -0.3 is 23.1 Å². The maximum atomic E-state index is 5.82. The van der Waals surface area contributed by atoms with Gasteiger partial charge in [0.1, 0.15) is 11.6 Å². The van der Waals surface area contributed by atoms with Crippen molar-refractivity contribution in [3.8, 4) is 17.2 Å². The van der Waals surface area contributed by atoms with Gasteiger partial charge in [-0.1, -0.05) is 6.07 Å². The third-order valence-corrected chi connectivity index (χ3v) is 7.10. The second-order valence-corrected chi connectivity index (χ2v) is 8.37. The molecule has 142 valence electrons. The number of fused-ring (bicyclic) bond motifs is 3. The van der Waals surface area contributed by atoms with E-state index in [-0.39, 0.29) is 21.0 Å². The summed E-state index contributed by atoms with van der Waals surface area (Å²) in [6.07, 6.45) is 0.913. The van der Waals surface area contributed by atoms with E-state index in [2.05, 4.69) is 27.0 Å². The molecule has 2 aliphatic rings. The number of benzene rings is 2. The van der Waals surface area contributed by atoms with Crippen LogP contribution in [-0.4, -0.2) is 23.8 Å². The summed E-state index contributed by atoms with van der Waals surface area (Å²) in [6, 6.07) is 12.3. The van der Waals surface area contributed by atoms with E-state index in [1.165, 1.54) is 20.2 Å². The van der Waals surface area contributed by atoms with Gasteiger partial charge in [-0.05, 0) is 49.2 Å². The van der Waals surface area contributed by atoms with Crippen molar-refractivity contribution in [1.82, 2.24) is 3.53 Å². The summed E-state index contributed by atoms with van der Waals surface area (Å²) in [5, 5.41) is 3.53. The van der Waals surface area contributed by atoms with Gasteiger partial charge in [-0.15, -0.1) is 0 Å². The van der Waals surface area contributed by atoms with E-state index >= 15 is 0 Å². The standard InChI is InChI=1S/C21H23IN2O3/c1-4-26-18-10-13-9-17-20(16(13)12-19(18)27-5-2)22-24-21(17)23-14-7-6-8-15(11-14)25-3/h6-8,10-12,23-24H,4-5,9H2,1-3H3. The fourth-order valence-corrected chi connectivity index (χ4v) is 5.90. The van der Waals surface area contributed by atoms with Crippen molar-refractivity contribution in [2.24, 2.45) is 0 Å². The first-order valence-electron chi connectivity index (χ1n) is 9.07. The van der Waals surface area contributed by atoms with Gasteiger partial charge in [-0.3, -0.25) is 0 Å². The van der Waals surface area contributed by atoms with E-state index < -0.39 is 0 Å². The lowest BCUT2D eigenvalue weighted by molar-refractivity contribution is 0.287. The fraction of sp³-hybridized carbons (Fsp3) is 0.286. The Labute approximate surface area is 169 Å². The largest absolute Gasteiger partial charge is 0.497 e. The Balaban J connectivity index is 1.65. The number of methoxy groups -OCH3 is 1. The molecule has 0 unspecified atom stereocenters. The monoisotopic (exact) mass is 478 g/mol. The number of hydrogen-bond acceptors (Lipinski definition) is 5. The summed E-state index contributed by atoms with van der Waals surface area (Å²) < 4.78 is 22.0. The summed E-state index contributed by atoms with van der Waals surface area (Å²) >= 11 is -0.279. The molecule has 1 heterocycles. The SMILES string of the molecule is CCOc1cc2c(cc1OCC)C1=INC(Nc3cccc(OC)c3)=C1C2. The molecule has 2 aromatic rings. The Morgan fingerprint density at radius 1 is 1.07 bits per heavy atom. The van der Waals surface area contributed by atoms with Gasteiger partial charge in [0.05, 0.1) is 20.3 Å². The smallest absolute Gasteiger partial charge is 0.161 e. The maximum absolute atomic E-state index is 5.82. The van der Waals surface area contributed by atoms with Crippen molar-refractivity contribution in [3.63, 3.8) is 0 Å². The van der Waals surface area contributed by atoms with E-state index in [1.807, 2.05) is 32.0 Å². The Morgan fingerprint density at radius 2 is 1.85 bits per heavy atom. The topological polar surface area (TPSA) is 51.8 Å². The lowest BCUT2D eigenvalue weighted by atomic mass is 10.1. The number of allylic oxidation sites excluding steroid dienone is 1.